The van der Waals surface area contributed by atoms with Crippen LogP contribution in [0.1, 0.15) is 22.8 Å². The maximum Gasteiger partial charge on any atom is 0.121 e. The van der Waals surface area contributed by atoms with E-state index in [1.54, 1.807) is 7.11 Å². The van der Waals surface area contributed by atoms with E-state index >= 15 is 0 Å². The van der Waals surface area contributed by atoms with Gasteiger partial charge in [-0.15, -0.1) is 0 Å². The van der Waals surface area contributed by atoms with Crippen LogP contribution in [-0.2, 0) is 6.42 Å². The van der Waals surface area contributed by atoms with Crippen LogP contribution in [0, 0.1) is 6.92 Å². The molecule has 0 radical (unpaired) electrons. The van der Waals surface area contributed by atoms with Gasteiger partial charge in [-0.3, -0.25) is 0 Å². The Hall–Kier alpha value is -1.51. The van der Waals surface area contributed by atoms with Gasteiger partial charge in [0.15, 0.2) is 0 Å². The highest BCUT2D eigenvalue weighted by Crippen LogP contribution is 2.25. The summed E-state index contributed by atoms with van der Waals surface area (Å²) >= 11 is 5.84. The van der Waals surface area contributed by atoms with Crippen LogP contribution in [0.5, 0.6) is 5.75 Å². The van der Waals surface area contributed by atoms with Gasteiger partial charge in [-0.25, -0.2) is 0 Å². The molecule has 0 fully saturated rings. The third-order valence-corrected chi connectivity index (χ3v) is 3.40. The van der Waals surface area contributed by atoms with Crippen molar-refractivity contribution < 1.29 is 9.84 Å². The van der Waals surface area contributed by atoms with E-state index < -0.39 is 6.10 Å². The van der Waals surface area contributed by atoms with Crippen LogP contribution < -0.4 is 4.74 Å². The van der Waals surface area contributed by atoms with E-state index in [0.717, 1.165) is 22.4 Å². The van der Waals surface area contributed by atoms with Crippen molar-refractivity contribution in [2.75, 3.05) is 7.11 Å². The minimum atomic E-state index is -0.522. The predicted octanol–water partition coefficient (Wildman–Crippen LogP) is 3.93. The molecule has 2 aromatic carbocycles. The summed E-state index contributed by atoms with van der Waals surface area (Å²) in [7, 11) is 1.64. The molecule has 1 N–H and O–H groups in total. The van der Waals surface area contributed by atoms with E-state index in [2.05, 4.69) is 0 Å². The first-order chi connectivity index (χ1) is 9.10. The van der Waals surface area contributed by atoms with Crippen molar-refractivity contribution in [3.63, 3.8) is 0 Å². The van der Waals surface area contributed by atoms with Crippen molar-refractivity contribution in [1.29, 1.82) is 0 Å². The molecule has 1 unspecified atom stereocenters. The molecule has 2 aromatic rings. The molecule has 19 heavy (non-hydrogen) atoms. The summed E-state index contributed by atoms with van der Waals surface area (Å²) < 4.78 is 5.21. The van der Waals surface area contributed by atoms with Gasteiger partial charge in [0.05, 0.1) is 13.2 Å². The van der Waals surface area contributed by atoms with Gasteiger partial charge in [0.2, 0.25) is 0 Å². The van der Waals surface area contributed by atoms with Gasteiger partial charge in [0.25, 0.3) is 0 Å². The largest absolute Gasteiger partial charge is 0.496 e. The lowest BCUT2D eigenvalue weighted by molar-refractivity contribution is 0.178. The van der Waals surface area contributed by atoms with Gasteiger partial charge in [0.1, 0.15) is 5.75 Å². The van der Waals surface area contributed by atoms with Gasteiger partial charge in [-0.05, 0) is 47.9 Å². The number of aryl methyl sites for hydroxylation is 1. The SMILES string of the molecule is COc1ccc(C(O)Cc2ccc(Cl)cc2)cc1C. The van der Waals surface area contributed by atoms with Crippen LogP contribution in [0.25, 0.3) is 0 Å². The summed E-state index contributed by atoms with van der Waals surface area (Å²) in [5, 5.41) is 11.0. The standard InChI is InChI=1S/C16H17ClO2/c1-11-9-13(5-8-16(11)19-2)15(18)10-12-3-6-14(17)7-4-12/h3-9,15,18H,10H2,1-2H3. The first-order valence-electron chi connectivity index (χ1n) is 6.17. The van der Waals surface area contributed by atoms with Crippen molar-refractivity contribution in [3.05, 3.63) is 64.2 Å². The number of rotatable bonds is 4. The molecule has 0 saturated heterocycles. The quantitative estimate of drug-likeness (QED) is 0.917. The van der Waals surface area contributed by atoms with Crippen molar-refractivity contribution >= 4 is 11.6 Å². The molecule has 0 aliphatic carbocycles. The Morgan fingerprint density at radius 3 is 2.42 bits per heavy atom. The fourth-order valence-electron chi connectivity index (χ4n) is 2.07. The number of benzene rings is 2. The third-order valence-electron chi connectivity index (χ3n) is 3.15. The molecule has 0 aromatic heterocycles. The molecular formula is C16H17ClO2. The summed E-state index contributed by atoms with van der Waals surface area (Å²) in [6.07, 6.45) is 0.0499. The molecule has 0 saturated carbocycles. The lowest BCUT2D eigenvalue weighted by atomic mass is 10.00. The van der Waals surface area contributed by atoms with Crippen LogP contribution in [0.3, 0.4) is 0 Å². The normalized spacial score (nSPS) is 12.2. The highest BCUT2D eigenvalue weighted by Gasteiger charge is 2.10. The number of aliphatic hydroxyl groups excluding tert-OH is 1. The molecule has 3 heteroatoms. The Bertz CT molecular complexity index is 549. The van der Waals surface area contributed by atoms with E-state index in [1.165, 1.54) is 0 Å². The molecule has 0 amide bonds. The fourth-order valence-corrected chi connectivity index (χ4v) is 2.20. The van der Waals surface area contributed by atoms with Crippen LogP contribution in [0.4, 0.5) is 0 Å². The highest BCUT2D eigenvalue weighted by molar-refractivity contribution is 6.30. The van der Waals surface area contributed by atoms with Crippen LogP contribution in [0.15, 0.2) is 42.5 Å². The average molecular weight is 277 g/mol. The zero-order valence-electron chi connectivity index (χ0n) is 11.1. The number of halogens is 1. The van der Waals surface area contributed by atoms with Gasteiger partial charge in [-0.2, -0.15) is 0 Å². The highest BCUT2D eigenvalue weighted by atomic mass is 35.5. The summed E-state index contributed by atoms with van der Waals surface area (Å²) in [6.45, 7) is 1.97. The molecule has 0 bridgehead atoms. The second kappa shape index (κ2) is 6.09. The summed E-state index contributed by atoms with van der Waals surface area (Å²) in [5.74, 6) is 0.836. The van der Waals surface area contributed by atoms with E-state index in [1.807, 2.05) is 49.4 Å². The van der Waals surface area contributed by atoms with Crippen LogP contribution >= 0.6 is 11.6 Å². The molecule has 2 rings (SSSR count). The Labute approximate surface area is 118 Å². The fraction of sp³-hybridized carbons (Fsp3) is 0.250. The van der Waals surface area contributed by atoms with Gasteiger partial charge >= 0.3 is 0 Å². The van der Waals surface area contributed by atoms with Crippen LogP contribution in [0.2, 0.25) is 5.02 Å². The molecule has 0 heterocycles. The molecule has 2 nitrogen and oxygen atoms in total. The third kappa shape index (κ3) is 3.49. The van der Waals surface area contributed by atoms with E-state index in [9.17, 15) is 5.11 Å². The summed E-state index contributed by atoms with van der Waals surface area (Å²) in [5.41, 5.74) is 2.98. The predicted molar refractivity (Wildman–Crippen MR) is 77.8 cm³/mol. The average Bonchev–Trinajstić information content (AvgIpc) is 2.41. The number of hydrogen-bond donors (Lipinski definition) is 1. The van der Waals surface area contributed by atoms with E-state index in [4.69, 9.17) is 16.3 Å². The van der Waals surface area contributed by atoms with Gasteiger partial charge in [0, 0.05) is 11.4 Å². The Morgan fingerprint density at radius 2 is 1.84 bits per heavy atom. The lowest BCUT2D eigenvalue weighted by Gasteiger charge is -2.13. The minimum absolute atomic E-state index is 0.522. The van der Waals surface area contributed by atoms with Crippen molar-refractivity contribution in [2.45, 2.75) is 19.4 Å². The second-order valence-electron chi connectivity index (χ2n) is 4.58. The van der Waals surface area contributed by atoms with E-state index in [0.29, 0.717) is 11.4 Å². The Kier molecular flexibility index (Phi) is 4.46. The molecule has 100 valence electrons. The molecule has 0 aliphatic heterocycles. The van der Waals surface area contributed by atoms with Crippen molar-refractivity contribution in [2.24, 2.45) is 0 Å². The van der Waals surface area contributed by atoms with Gasteiger partial charge < -0.3 is 9.84 Å². The Morgan fingerprint density at radius 1 is 1.16 bits per heavy atom. The minimum Gasteiger partial charge on any atom is -0.496 e. The monoisotopic (exact) mass is 276 g/mol. The molecule has 1 atom stereocenters. The summed E-state index contributed by atoms with van der Waals surface area (Å²) in [4.78, 5) is 0. The van der Waals surface area contributed by atoms with Crippen molar-refractivity contribution in [3.8, 4) is 5.75 Å². The summed E-state index contributed by atoms with van der Waals surface area (Å²) in [6, 6.07) is 13.3. The molecule has 0 spiro atoms. The molecule has 0 aliphatic rings. The van der Waals surface area contributed by atoms with Gasteiger partial charge in [-0.1, -0.05) is 29.8 Å². The Balaban J connectivity index is 2.13. The number of hydrogen-bond acceptors (Lipinski definition) is 2. The zero-order chi connectivity index (χ0) is 13.8. The molecular weight excluding hydrogens is 260 g/mol. The topological polar surface area (TPSA) is 29.5 Å². The smallest absolute Gasteiger partial charge is 0.121 e. The van der Waals surface area contributed by atoms with Crippen molar-refractivity contribution in [1.82, 2.24) is 0 Å². The number of methoxy groups -OCH3 is 1. The second-order valence-corrected chi connectivity index (χ2v) is 5.01. The van der Waals surface area contributed by atoms with Crippen LogP contribution in [-0.4, -0.2) is 12.2 Å². The first-order valence-corrected chi connectivity index (χ1v) is 6.55. The lowest BCUT2D eigenvalue weighted by Crippen LogP contribution is -2.02. The number of ether oxygens (including phenoxy) is 1. The van der Waals surface area contributed by atoms with E-state index in [-0.39, 0.29) is 0 Å². The maximum absolute atomic E-state index is 10.3. The zero-order valence-corrected chi connectivity index (χ0v) is 11.8. The first kappa shape index (κ1) is 13.9. The number of aliphatic hydroxyl groups is 1. The maximum atomic E-state index is 10.3.